The number of carbonyl (C=O) groups is 2. The molecule has 24 heavy (non-hydrogen) atoms. The van der Waals surface area contributed by atoms with Gasteiger partial charge in [-0.3, -0.25) is 9.59 Å². The summed E-state index contributed by atoms with van der Waals surface area (Å²) in [6, 6.07) is 7.51. The molecular weight excluding hydrogens is 368 g/mol. The highest BCUT2D eigenvalue weighted by Gasteiger charge is 2.13. The normalized spacial score (nSPS) is 14.0. The lowest BCUT2D eigenvalue weighted by atomic mass is 9.97. The molecule has 4 nitrogen and oxygen atoms in total. The van der Waals surface area contributed by atoms with E-state index in [1.54, 1.807) is 11.8 Å². The number of benzene rings is 1. The van der Waals surface area contributed by atoms with Gasteiger partial charge in [0.1, 0.15) is 0 Å². The summed E-state index contributed by atoms with van der Waals surface area (Å²) in [5.41, 5.74) is 2.20. The zero-order chi connectivity index (χ0) is 17.4. The van der Waals surface area contributed by atoms with Crippen molar-refractivity contribution in [3.63, 3.8) is 0 Å². The second-order valence-corrected chi connectivity index (χ2v) is 7.00. The highest BCUT2D eigenvalue weighted by atomic mass is 79.9. The number of rotatable bonds is 7. The fraction of sp³-hybridized carbons (Fsp3) is 0.474. The number of carbonyl (C=O) groups excluding carboxylic acids is 2. The van der Waals surface area contributed by atoms with Crippen LogP contribution in [0.4, 0.5) is 5.69 Å². The molecule has 0 atom stereocenters. The van der Waals surface area contributed by atoms with E-state index in [1.165, 1.54) is 18.4 Å². The molecule has 2 amide bonds. The number of amides is 2. The molecule has 1 aromatic carbocycles. The van der Waals surface area contributed by atoms with Gasteiger partial charge in [-0.25, -0.2) is 0 Å². The minimum Gasteiger partial charge on any atom is -0.342 e. The van der Waals surface area contributed by atoms with E-state index in [2.05, 4.69) is 27.3 Å². The maximum Gasteiger partial charge on any atom is 0.226 e. The van der Waals surface area contributed by atoms with E-state index < -0.39 is 0 Å². The molecule has 0 heterocycles. The number of halogens is 1. The number of nitrogens with one attached hydrogen (secondary N) is 1. The van der Waals surface area contributed by atoms with Gasteiger partial charge in [-0.1, -0.05) is 23.8 Å². The van der Waals surface area contributed by atoms with E-state index in [9.17, 15) is 9.59 Å². The van der Waals surface area contributed by atoms with E-state index in [1.807, 2.05) is 24.3 Å². The Kier molecular flexibility index (Phi) is 7.50. The zero-order valence-electron chi connectivity index (χ0n) is 14.2. The Labute approximate surface area is 152 Å². The fourth-order valence-corrected chi connectivity index (χ4v) is 3.23. The summed E-state index contributed by atoms with van der Waals surface area (Å²) in [4.78, 5) is 25.7. The monoisotopic (exact) mass is 392 g/mol. The number of para-hydroxylation sites is 1. The van der Waals surface area contributed by atoms with E-state index in [0.717, 1.165) is 29.4 Å². The van der Waals surface area contributed by atoms with Gasteiger partial charge >= 0.3 is 0 Å². The molecule has 0 aromatic heterocycles. The molecule has 5 heteroatoms. The molecule has 1 aliphatic carbocycles. The van der Waals surface area contributed by atoms with Gasteiger partial charge in [-0.2, -0.15) is 0 Å². The first-order chi connectivity index (χ1) is 11.6. The van der Waals surface area contributed by atoms with Crippen LogP contribution < -0.4 is 5.32 Å². The van der Waals surface area contributed by atoms with Crippen LogP contribution in [0.1, 0.15) is 45.4 Å². The number of hydrogen-bond acceptors (Lipinski definition) is 2. The quantitative estimate of drug-likeness (QED) is 0.693. The van der Waals surface area contributed by atoms with Gasteiger partial charge < -0.3 is 10.2 Å². The predicted octanol–water partition coefficient (Wildman–Crippen LogP) is 4.52. The molecule has 2 rings (SSSR count). The molecule has 0 saturated carbocycles. The van der Waals surface area contributed by atoms with Crippen molar-refractivity contribution in [2.24, 2.45) is 0 Å². The topological polar surface area (TPSA) is 49.4 Å². The third kappa shape index (κ3) is 6.11. The minimum absolute atomic E-state index is 0.0279. The van der Waals surface area contributed by atoms with Crippen molar-refractivity contribution in [3.05, 3.63) is 40.4 Å². The van der Waals surface area contributed by atoms with Crippen molar-refractivity contribution in [3.8, 4) is 0 Å². The highest BCUT2D eigenvalue weighted by Crippen LogP contribution is 2.22. The number of anilines is 1. The third-order valence-corrected chi connectivity index (χ3v) is 4.98. The summed E-state index contributed by atoms with van der Waals surface area (Å²) >= 11 is 3.41. The van der Waals surface area contributed by atoms with Crippen LogP contribution in [0.2, 0.25) is 0 Å². The molecule has 0 unspecified atom stereocenters. The molecular formula is C19H25BrN2O2. The summed E-state index contributed by atoms with van der Waals surface area (Å²) in [6.45, 7) is 2.73. The van der Waals surface area contributed by atoms with Crippen LogP contribution in [-0.4, -0.2) is 29.8 Å². The Balaban J connectivity index is 1.80. The molecule has 0 saturated heterocycles. The molecule has 0 spiro atoms. The average Bonchev–Trinajstić information content (AvgIpc) is 2.57. The van der Waals surface area contributed by atoms with Gasteiger partial charge in [-0.15, -0.1) is 0 Å². The van der Waals surface area contributed by atoms with Crippen molar-refractivity contribution in [1.29, 1.82) is 0 Å². The molecule has 0 bridgehead atoms. The van der Waals surface area contributed by atoms with Gasteiger partial charge in [0.25, 0.3) is 0 Å². The van der Waals surface area contributed by atoms with Crippen LogP contribution in [0.25, 0.3) is 0 Å². The molecule has 0 fully saturated rings. The number of nitrogens with zero attached hydrogens (tertiary/aromatic N) is 1. The molecule has 0 radical (unpaired) electrons. The molecule has 1 aromatic rings. The van der Waals surface area contributed by atoms with E-state index in [0.29, 0.717) is 19.5 Å². The van der Waals surface area contributed by atoms with Crippen LogP contribution >= 0.6 is 15.9 Å². The second-order valence-electron chi connectivity index (χ2n) is 6.14. The van der Waals surface area contributed by atoms with E-state index in [4.69, 9.17) is 0 Å². The predicted molar refractivity (Wildman–Crippen MR) is 101 cm³/mol. The second kappa shape index (κ2) is 9.62. The van der Waals surface area contributed by atoms with Crippen molar-refractivity contribution >= 4 is 33.4 Å². The summed E-state index contributed by atoms with van der Waals surface area (Å²) in [7, 11) is 0. The Morgan fingerprint density at radius 2 is 2.00 bits per heavy atom. The maximum atomic E-state index is 12.1. The lowest BCUT2D eigenvalue weighted by Crippen LogP contribution is -2.33. The maximum absolute atomic E-state index is 12.1. The lowest BCUT2D eigenvalue weighted by Gasteiger charge is -2.22. The van der Waals surface area contributed by atoms with E-state index in [-0.39, 0.29) is 11.8 Å². The summed E-state index contributed by atoms with van der Waals surface area (Å²) in [5.74, 6) is -0.0508. The molecule has 0 aliphatic heterocycles. The fourth-order valence-electron chi connectivity index (χ4n) is 2.85. The highest BCUT2D eigenvalue weighted by molar-refractivity contribution is 9.10. The zero-order valence-corrected chi connectivity index (χ0v) is 15.8. The SMILES string of the molecule is CC(=O)N(CCC(=O)Nc1ccccc1Br)CCC1=CCCCC1. The molecule has 1 aliphatic rings. The Bertz CT molecular complexity index is 613. The standard InChI is InChI=1S/C19H25BrN2O2/c1-15(23)22(13-11-16-7-3-2-4-8-16)14-12-19(24)21-18-10-6-5-9-17(18)20/h5-7,9-10H,2-4,8,11-14H2,1H3,(H,21,24). The Morgan fingerprint density at radius 1 is 1.21 bits per heavy atom. The van der Waals surface area contributed by atoms with Gasteiger partial charge in [0.15, 0.2) is 0 Å². The van der Waals surface area contributed by atoms with Crippen molar-refractivity contribution in [2.75, 3.05) is 18.4 Å². The van der Waals surface area contributed by atoms with Crippen molar-refractivity contribution in [2.45, 2.75) is 45.4 Å². The van der Waals surface area contributed by atoms with Crippen LogP contribution in [0.3, 0.4) is 0 Å². The van der Waals surface area contributed by atoms with Gasteiger partial charge in [0, 0.05) is 30.9 Å². The number of allylic oxidation sites excluding steroid dienone is 1. The first kappa shape index (κ1) is 18.7. The first-order valence-corrected chi connectivity index (χ1v) is 9.33. The third-order valence-electron chi connectivity index (χ3n) is 4.29. The smallest absolute Gasteiger partial charge is 0.226 e. The lowest BCUT2D eigenvalue weighted by molar-refractivity contribution is -0.129. The van der Waals surface area contributed by atoms with Crippen molar-refractivity contribution < 1.29 is 9.59 Å². The van der Waals surface area contributed by atoms with Gasteiger partial charge in [0.05, 0.1) is 5.69 Å². The van der Waals surface area contributed by atoms with Crippen LogP contribution in [-0.2, 0) is 9.59 Å². The van der Waals surface area contributed by atoms with E-state index >= 15 is 0 Å². The van der Waals surface area contributed by atoms with Gasteiger partial charge in [0.2, 0.25) is 11.8 Å². The molecule has 1 N–H and O–H groups in total. The summed E-state index contributed by atoms with van der Waals surface area (Å²) < 4.78 is 0.853. The Hall–Kier alpha value is -1.62. The average molecular weight is 393 g/mol. The number of hydrogen-bond donors (Lipinski definition) is 1. The van der Waals surface area contributed by atoms with Gasteiger partial charge in [-0.05, 0) is 60.2 Å². The minimum atomic E-state index is -0.0787. The first-order valence-electron chi connectivity index (χ1n) is 8.54. The Morgan fingerprint density at radius 3 is 2.67 bits per heavy atom. The summed E-state index contributed by atoms with van der Waals surface area (Å²) in [5, 5.41) is 2.87. The van der Waals surface area contributed by atoms with Crippen molar-refractivity contribution in [1.82, 2.24) is 4.90 Å². The van der Waals surface area contributed by atoms with Crippen LogP contribution in [0.5, 0.6) is 0 Å². The summed E-state index contributed by atoms with van der Waals surface area (Å²) in [6.07, 6.45) is 8.36. The van der Waals surface area contributed by atoms with Crippen LogP contribution in [0.15, 0.2) is 40.4 Å². The largest absolute Gasteiger partial charge is 0.342 e. The molecule has 130 valence electrons. The van der Waals surface area contributed by atoms with Crippen LogP contribution in [0, 0.1) is 0 Å².